The zero-order chi connectivity index (χ0) is 22.1. The van der Waals surface area contributed by atoms with E-state index in [1.54, 1.807) is 0 Å². The topological polar surface area (TPSA) is 179 Å². The summed E-state index contributed by atoms with van der Waals surface area (Å²) in [6, 6.07) is -3.88. The van der Waals surface area contributed by atoms with Gasteiger partial charge in [0.15, 0.2) is 0 Å². The maximum Gasteiger partial charge on any atom is 0.325 e. The van der Waals surface area contributed by atoms with Gasteiger partial charge in [0, 0.05) is 18.3 Å². The Balaban J connectivity index is 2.97. The molecule has 162 valence electrons. The number of carboxylic acid groups (broad SMARTS) is 1. The Morgan fingerprint density at radius 1 is 1.03 bits per heavy atom. The number of aromatic nitrogens is 2. The van der Waals surface area contributed by atoms with Crippen LogP contribution >= 0.6 is 0 Å². The van der Waals surface area contributed by atoms with Crippen molar-refractivity contribution in [3.05, 3.63) is 18.2 Å². The summed E-state index contributed by atoms with van der Waals surface area (Å²) < 4.78 is 0. The number of nitrogens with one attached hydrogen (secondary N) is 4. The van der Waals surface area contributed by atoms with Gasteiger partial charge in [-0.2, -0.15) is 0 Å². The standard InChI is InChI=1S/C18H30N6O5/c1-9(2)5-13(23-15(25)10(3)19)17(27)24-14(6-12-7-20-8-21-12)16(26)22-11(4)18(28)29/h7-11,13-14H,5-6,19H2,1-4H3,(H,20,21)(H,22,26)(H,23,25)(H,24,27)(H,28,29). The predicted molar refractivity (Wildman–Crippen MR) is 104 cm³/mol. The summed E-state index contributed by atoms with van der Waals surface area (Å²) in [5.74, 6) is -2.82. The van der Waals surface area contributed by atoms with Crippen molar-refractivity contribution in [2.75, 3.05) is 0 Å². The average Bonchev–Trinajstić information content (AvgIpc) is 3.12. The van der Waals surface area contributed by atoms with Crippen molar-refractivity contribution in [3.63, 3.8) is 0 Å². The second-order valence-corrected chi connectivity index (χ2v) is 7.39. The fourth-order valence-electron chi connectivity index (χ4n) is 2.48. The molecule has 1 rings (SSSR count). The van der Waals surface area contributed by atoms with E-state index in [1.807, 2.05) is 13.8 Å². The number of hydrogen-bond acceptors (Lipinski definition) is 6. The van der Waals surface area contributed by atoms with Crippen LogP contribution in [-0.4, -0.2) is 62.9 Å². The molecule has 1 aromatic rings. The van der Waals surface area contributed by atoms with Crippen molar-refractivity contribution in [1.82, 2.24) is 25.9 Å². The van der Waals surface area contributed by atoms with Crippen LogP contribution in [0.1, 0.15) is 39.8 Å². The molecule has 4 unspecified atom stereocenters. The van der Waals surface area contributed by atoms with E-state index in [0.717, 1.165) is 0 Å². The maximum absolute atomic E-state index is 12.8. The second-order valence-electron chi connectivity index (χ2n) is 7.39. The quantitative estimate of drug-likeness (QED) is 0.268. The number of aliphatic carboxylic acids is 1. The minimum atomic E-state index is -1.20. The van der Waals surface area contributed by atoms with Gasteiger partial charge in [-0.05, 0) is 26.2 Å². The van der Waals surface area contributed by atoms with Gasteiger partial charge in [0.25, 0.3) is 0 Å². The molecule has 0 aliphatic heterocycles. The highest BCUT2D eigenvalue weighted by Gasteiger charge is 2.29. The van der Waals surface area contributed by atoms with Gasteiger partial charge in [-0.15, -0.1) is 0 Å². The third kappa shape index (κ3) is 8.30. The third-order valence-electron chi connectivity index (χ3n) is 4.09. The van der Waals surface area contributed by atoms with Gasteiger partial charge in [-0.1, -0.05) is 13.8 Å². The Kier molecular flexibility index (Phi) is 9.26. The van der Waals surface area contributed by atoms with Crippen molar-refractivity contribution in [2.24, 2.45) is 11.7 Å². The average molecular weight is 410 g/mol. The number of nitrogens with zero attached hydrogens (tertiary/aromatic N) is 1. The molecule has 0 aromatic carbocycles. The number of carboxylic acids is 1. The lowest BCUT2D eigenvalue weighted by atomic mass is 10.0. The number of imidazole rings is 1. The van der Waals surface area contributed by atoms with Gasteiger partial charge < -0.3 is 31.8 Å². The van der Waals surface area contributed by atoms with Crippen LogP contribution in [0.15, 0.2) is 12.5 Å². The first kappa shape index (κ1) is 24.1. The van der Waals surface area contributed by atoms with E-state index in [1.165, 1.54) is 26.4 Å². The van der Waals surface area contributed by atoms with Crippen molar-refractivity contribution in [2.45, 2.75) is 64.7 Å². The number of rotatable bonds is 11. The number of carbonyl (C=O) groups excluding carboxylic acids is 3. The van der Waals surface area contributed by atoms with E-state index < -0.39 is 47.9 Å². The first-order valence-electron chi connectivity index (χ1n) is 9.38. The number of nitrogens with two attached hydrogens (primary N) is 1. The van der Waals surface area contributed by atoms with Gasteiger partial charge in [-0.3, -0.25) is 19.2 Å². The lowest BCUT2D eigenvalue weighted by Gasteiger charge is -2.25. The highest BCUT2D eigenvalue weighted by molar-refractivity contribution is 5.94. The minimum Gasteiger partial charge on any atom is -0.480 e. The van der Waals surface area contributed by atoms with Crippen LogP contribution in [0, 0.1) is 5.92 Å². The molecule has 1 aromatic heterocycles. The molecule has 0 aliphatic carbocycles. The number of carbonyl (C=O) groups is 4. The van der Waals surface area contributed by atoms with Crippen LogP contribution in [0.3, 0.4) is 0 Å². The molecule has 1 heterocycles. The molecule has 29 heavy (non-hydrogen) atoms. The summed E-state index contributed by atoms with van der Waals surface area (Å²) in [5, 5.41) is 16.5. The SMILES string of the molecule is CC(C)CC(NC(=O)C(C)N)C(=O)NC(Cc1cnc[nH]1)C(=O)NC(C)C(=O)O. The first-order chi connectivity index (χ1) is 13.5. The molecule has 7 N–H and O–H groups in total. The van der Waals surface area contributed by atoms with Crippen LogP contribution in [-0.2, 0) is 25.6 Å². The summed E-state index contributed by atoms with van der Waals surface area (Å²) in [7, 11) is 0. The van der Waals surface area contributed by atoms with Gasteiger partial charge in [0.05, 0.1) is 12.4 Å². The lowest BCUT2D eigenvalue weighted by molar-refractivity contribution is -0.141. The lowest BCUT2D eigenvalue weighted by Crippen LogP contribution is -2.57. The Morgan fingerprint density at radius 2 is 1.62 bits per heavy atom. The summed E-state index contributed by atoms with van der Waals surface area (Å²) in [6.07, 6.45) is 3.33. The molecule has 4 atom stereocenters. The van der Waals surface area contributed by atoms with E-state index in [2.05, 4.69) is 25.9 Å². The first-order valence-corrected chi connectivity index (χ1v) is 9.38. The summed E-state index contributed by atoms with van der Waals surface area (Å²) in [6.45, 7) is 6.60. The Labute approximate surface area is 169 Å². The van der Waals surface area contributed by atoms with Crippen molar-refractivity contribution < 1.29 is 24.3 Å². The Morgan fingerprint density at radius 3 is 2.10 bits per heavy atom. The van der Waals surface area contributed by atoms with Gasteiger partial charge >= 0.3 is 5.97 Å². The van der Waals surface area contributed by atoms with Crippen LogP contribution < -0.4 is 21.7 Å². The highest BCUT2D eigenvalue weighted by atomic mass is 16.4. The third-order valence-corrected chi connectivity index (χ3v) is 4.09. The molecule has 0 aliphatic rings. The molecule has 11 heteroatoms. The van der Waals surface area contributed by atoms with Crippen LogP contribution in [0.25, 0.3) is 0 Å². The van der Waals surface area contributed by atoms with Crippen LogP contribution in [0.4, 0.5) is 0 Å². The van der Waals surface area contributed by atoms with E-state index in [0.29, 0.717) is 12.1 Å². The van der Waals surface area contributed by atoms with E-state index in [9.17, 15) is 19.2 Å². The van der Waals surface area contributed by atoms with Gasteiger partial charge in [0.1, 0.15) is 18.1 Å². The molecule has 0 bridgehead atoms. The van der Waals surface area contributed by atoms with Crippen LogP contribution in [0.2, 0.25) is 0 Å². The van der Waals surface area contributed by atoms with E-state index >= 15 is 0 Å². The minimum absolute atomic E-state index is 0.0690. The fourth-order valence-corrected chi connectivity index (χ4v) is 2.48. The molecule has 0 fully saturated rings. The molecule has 0 saturated carbocycles. The molecule has 0 saturated heterocycles. The summed E-state index contributed by atoms with van der Waals surface area (Å²) >= 11 is 0. The molecule has 11 nitrogen and oxygen atoms in total. The maximum atomic E-state index is 12.8. The zero-order valence-corrected chi connectivity index (χ0v) is 17.1. The summed E-state index contributed by atoms with van der Waals surface area (Å²) in [4.78, 5) is 55.1. The van der Waals surface area contributed by atoms with Crippen LogP contribution in [0.5, 0.6) is 0 Å². The number of amides is 3. The molecular formula is C18H30N6O5. The van der Waals surface area contributed by atoms with E-state index in [4.69, 9.17) is 10.8 Å². The number of hydrogen-bond donors (Lipinski definition) is 6. The smallest absolute Gasteiger partial charge is 0.325 e. The fraction of sp³-hybridized carbons (Fsp3) is 0.611. The highest BCUT2D eigenvalue weighted by Crippen LogP contribution is 2.07. The monoisotopic (exact) mass is 410 g/mol. The zero-order valence-electron chi connectivity index (χ0n) is 17.1. The van der Waals surface area contributed by atoms with Crippen molar-refractivity contribution in [1.29, 1.82) is 0 Å². The molecule has 0 radical (unpaired) electrons. The van der Waals surface area contributed by atoms with Crippen molar-refractivity contribution in [3.8, 4) is 0 Å². The Hall–Kier alpha value is -2.95. The van der Waals surface area contributed by atoms with Gasteiger partial charge in [-0.25, -0.2) is 4.98 Å². The Bertz CT molecular complexity index is 704. The molecule has 3 amide bonds. The number of aromatic amines is 1. The number of H-pyrrole nitrogens is 1. The predicted octanol–water partition coefficient (Wildman–Crippen LogP) is -1.10. The molecule has 0 spiro atoms. The van der Waals surface area contributed by atoms with E-state index in [-0.39, 0.29) is 12.3 Å². The second kappa shape index (κ2) is 11.1. The largest absolute Gasteiger partial charge is 0.480 e. The normalized spacial score (nSPS) is 15.1. The molecular weight excluding hydrogens is 380 g/mol. The summed E-state index contributed by atoms with van der Waals surface area (Å²) in [5.41, 5.74) is 6.14. The van der Waals surface area contributed by atoms with Gasteiger partial charge in [0.2, 0.25) is 17.7 Å². The van der Waals surface area contributed by atoms with Crippen molar-refractivity contribution >= 4 is 23.7 Å².